The van der Waals surface area contributed by atoms with Crippen LogP contribution in [-0.2, 0) is 0 Å². The van der Waals surface area contributed by atoms with Crippen molar-refractivity contribution in [3.8, 4) is 11.3 Å². The predicted octanol–water partition coefficient (Wildman–Crippen LogP) is 6.74. The summed E-state index contributed by atoms with van der Waals surface area (Å²) in [4.78, 5) is 17.1. The third kappa shape index (κ3) is 5.44. The number of nitrogens with one attached hydrogen (secondary N) is 2. The second kappa shape index (κ2) is 10.7. The van der Waals surface area contributed by atoms with E-state index < -0.39 is 0 Å². The van der Waals surface area contributed by atoms with Crippen molar-refractivity contribution >= 4 is 68.1 Å². The number of rotatable bonds is 8. The number of hydrogen-bond donors (Lipinski definition) is 2. The van der Waals surface area contributed by atoms with Crippen LogP contribution in [0.5, 0.6) is 0 Å². The fraction of sp³-hybridized carbons (Fsp3) is 0.174. The van der Waals surface area contributed by atoms with Gasteiger partial charge in [-0.25, -0.2) is 4.98 Å². The summed E-state index contributed by atoms with van der Waals surface area (Å²) in [6.45, 7) is 1.19. The van der Waals surface area contributed by atoms with Gasteiger partial charge in [0.05, 0.1) is 32.0 Å². The van der Waals surface area contributed by atoms with Crippen LogP contribution in [0.25, 0.3) is 16.9 Å². The molecule has 0 aliphatic carbocycles. The van der Waals surface area contributed by atoms with Crippen molar-refractivity contribution in [2.75, 3.05) is 18.4 Å². The first-order valence-electron chi connectivity index (χ1n) is 10.2. The summed E-state index contributed by atoms with van der Waals surface area (Å²) in [5, 5.41) is 12.0. The summed E-state index contributed by atoms with van der Waals surface area (Å²) >= 11 is 22.1. The third-order valence-electron chi connectivity index (χ3n) is 4.96. The quantitative estimate of drug-likeness (QED) is 0.231. The molecule has 0 atom stereocenters. The molecule has 170 valence electrons. The molecule has 0 bridgehead atoms. The smallest absolute Gasteiger partial charge is 0.254 e. The first kappa shape index (κ1) is 23.8. The van der Waals surface area contributed by atoms with Gasteiger partial charge in [-0.15, -0.1) is 0 Å². The fourth-order valence-corrected chi connectivity index (χ4v) is 4.49. The van der Waals surface area contributed by atoms with Crippen molar-refractivity contribution < 1.29 is 4.79 Å². The number of carbonyl (C=O) groups excluding carboxylic acids is 1. The van der Waals surface area contributed by atoms with E-state index in [4.69, 9.17) is 39.8 Å². The fourth-order valence-electron chi connectivity index (χ4n) is 3.34. The van der Waals surface area contributed by atoms with Crippen LogP contribution in [0.1, 0.15) is 23.2 Å². The van der Waals surface area contributed by atoms with E-state index >= 15 is 0 Å². The van der Waals surface area contributed by atoms with E-state index in [1.165, 1.54) is 0 Å². The Balaban J connectivity index is 1.38. The van der Waals surface area contributed by atoms with Gasteiger partial charge in [0.2, 0.25) is 0 Å². The molecule has 2 N–H and O–H groups in total. The molecule has 0 aliphatic rings. The lowest BCUT2D eigenvalue weighted by molar-refractivity contribution is 0.0953. The highest BCUT2D eigenvalue weighted by atomic mass is 79.9. The summed E-state index contributed by atoms with van der Waals surface area (Å²) < 4.78 is 2.53. The number of aromatic nitrogens is 3. The molecule has 2 aromatic heterocycles. The number of benzene rings is 2. The third-order valence-corrected chi connectivity index (χ3v) is 6.48. The van der Waals surface area contributed by atoms with Crippen LogP contribution in [0.3, 0.4) is 0 Å². The highest BCUT2D eigenvalue weighted by Gasteiger charge is 2.14. The zero-order chi connectivity index (χ0) is 23.4. The van der Waals surface area contributed by atoms with Crippen LogP contribution in [0.15, 0.2) is 59.2 Å². The Kier molecular flexibility index (Phi) is 7.75. The summed E-state index contributed by atoms with van der Waals surface area (Å²) in [6, 6.07) is 14.5. The highest BCUT2D eigenvalue weighted by molar-refractivity contribution is 9.10. The Morgan fingerprint density at radius 3 is 2.42 bits per heavy atom. The zero-order valence-electron chi connectivity index (χ0n) is 17.3. The molecule has 1 amide bonds. The van der Waals surface area contributed by atoms with Gasteiger partial charge in [-0.1, -0.05) is 59.1 Å². The van der Waals surface area contributed by atoms with Crippen molar-refractivity contribution in [3.63, 3.8) is 0 Å². The Morgan fingerprint density at radius 1 is 0.970 bits per heavy atom. The Morgan fingerprint density at radius 2 is 1.67 bits per heavy atom. The van der Waals surface area contributed by atoms with Crippen molar-refractivity contribution in [1.82, 2.24) is 19.9 Å². The predicted molar refractivity (Wildman–Crippen MR) is 138 cm³/mol. The molecular weight excluding hydrogens is 549 g/mol. The number of anilines is 1. The van der Waals surface area contributed by atoms with Gasteiger partial charge in [0.25, 0.3) is 5.91 Å². The number of amides is 1. The van der Waals surface area contributed by atoms with E-state index in [1.807, 2.05) is 30.3 Å². The van der Waals surface area contributed by atoms with Gasteiger partial charge >= 0.3 is 0 Å². The maximum Gasteiger partial charge on any atom is 0.254 e. The van der Waals surface area contributed by atoms with Gasteiger partial charge < -0.3 is 10.6 Å². The van der Waals surface area contributed by atoms with E-state index in [1.54, 1.807) is 28.9 Å². The second-order valence-corrected chi connectivity index (χ2v) is 9.30. The number of carbonyl (C=O) groups is 1. The van der Waals surface area contributed by atoms with Gasteiger partial charge in [-0.05, 0) is 47.0 Å². The first-order chi connectivity index (χ1) is 16.0. The molecule has 0 aliphatic heterocycles. The van der Waals surface area contributed by atoms with E-state index in [-0.39, 0.29) is 5.91 Å². The Bertz CT molecular complexity index is 1290. The average Bonchev–Trinajstić information content (AvgIpc) is 3.17. The topological polar surface area (TPSA) is 71.3 Å². The Labute approximate surface area is 214 Å². The summed E-state index contributed by atoms with van der Waals surface area (Å²) in [6.07, 6.45) is 3.30. The number of fused-ring (bicyclic) bond motifs is 1. The molecule has 33 heavy (non-hydrogen) atoms. The highest BCUT2D eigenvalue weighted by Crippen LogP contribution is 2.30. The first-order valence-corrected chi connectivity index (χ1v) is 12.1. The molecule has 0 unspecified atom stereocenters. The minimum absolute atomic E-state index is 0.278. The normalized spacial score (nSPS) is 11.0. The molecule has 2 aromatic carbocycles. The van der Waals surface area contributed by atoms with Crippen LogP contribution in [0, 0.1) is 0 Å². The average molecular weight is 568 g/mol. The molecule has 4 aromatic rings. The molecule has 0 radical (unpaired) electrons. The number of halogens is 4. The monoisotopic (exact) mass is 565 g/mol. The minimum atomic E-state index is -0.278. The van der Waals surface area contributed by atoms with Crippen molar-refractivity contribution in [2.24, 2.45) is 0 Å². The maximum absolute atomic E-state index is 12.4. The van der Waals surface area contributed by atoms with Gasteiger partial charge in [0.15, 0.2) is 5.65 Å². The van der Waals surface area contributed by atoms with Crippen LogP contribution >= 0.6 is 50.7 Å². The van der Waals surface area contributed by atoms with Crippen LogP contribution in [0.4, 0.5) is 5.82 Å². The van der Waals surface area contributed by atoms with E-state index in [0.717, 1.165) is 34.4 Å². The van der Waals surface area contributed by atoms with Gasteiger partial charge in [-0.3, -0.25) is 4.79 Å². The standard InChI is InChI=1S/C23H19BrCl3N5O/c24-15-13-30-32-20(12-19(31-22(15)32)14-6-1-2-7-16(14)25)28-10-3-4-11-29-23(33)21-17(26)8-5-9-18(21)27/h1-2,5-9,12-13,28H,3-4,10-11H2,(H,29,33). The number of nitrogens with zero attached hydrogens (tertiary/aromatic N) is 3. The second-order valence-electron chi connectivity index (χ2n) is 7.22. The molecule has 2 heterocycles. The largest absolute Gasteiger partial charge is 0.370 e. The molecule has 4 rings (SSSR count). The van der Waals surface area contributed by atoms with Crippen LogP contribution in [0.2, 0.25) is 15.1 Å². The van der Waals surface area contributed by atoms with Crippen LogP contribution in [-0.4, -0.2) is 33.6 Å². The summed E-state index contributed by atoms with van der Waals surface area (Å²) in [7, 11) is 0. The molecule has 0 saturated carbocycles. The molecule has 10 heteroatoms. The molecular formula is C23H19BrCl3N5O. The summed E-state index contributed by atoms with van der Waals surface area (Å²) in [5.41, 5.74) is 2.59. The van der Waals surface area contributed by atoms with E-state index in [2.05, 4.69) is 31.7 Å². The van der Waals surface area contributed by atoms with Crippen molar-refractivity contribution in [3.05, 3.63) is 79.8 Å². The van der Waals surface area contributed by atoms with Crippen molar-refractivity contribution in [2.45, 2.75) is 12.8 Å². The molecule has 0 spiro atoms. The van der Waals surface area contributed by atoms with Gasteiger partial charge in [0.1, 0.15) is 5.82 Å². The SMILES string of the molecule is O=C(NCCCCNc1cc(-c2ccccc2Cl)nc2c(Br)cnn12)c1c(Cl)cccc1Cl. The lowest BCUT2D eigenvalue weighted by atomic mass is 10.1. The molecule has 6 nitrogen and oxygen atoms in total. The molecule has 0 saturated heterocycles. The molecule has 0 fully saturated rings. The van der Waals surface area contributed by atoms with E-state index in [0.29, 0.717) is 39.4 Å². The van der Waals surface area contributed by atoms with Crippen LogP contribution < -0.4 is 10.6 Å². The Hall–Kier alpha value is -2.32. The maximum atomic E-state index is 12.4. The zero-order valence-corrected chi connectivity index (χ0v) is 21.1. The van der Waals surface area contributed by atoms with E-state index in [9.17, 15) is 4.79 Å². The number of hydrogen-bond acceptors (Lipinski definition) is 4. The minimum Gasteiger partial charge on any atom is -0.370 e. The van der Waals surface area contributed by atoms with Gasteiger partial charge in [0, 0.05) is 29.7 Å². The van der Waals surface area contributed by atoms with Gasteiger partial charge in [-0.2, -0.15) is 9.61 Å². The number of unbranched alkanes of at least 4 members (excludes halogenated alkanes) is 1. The lowest BCUT2D eigenvalue weighted by Crippen LogP contribution is -2.25. The lowest BCUT2D eigenvalue weighted by Gasteiger charge is -2.12. The summed E-state index contributed by atoms with van der Waals surface area (Å²) in [5.74, 6) is 0.521. The van der Waals surface area contributed by atoms with Crippen molar-refractivity contribution in [1.29, 1.82) is 0 Å².